The SMILES string of the molecule is CCOc1c(CN(C)C(=O)/C=C/c2cnc3c(c2)CN(CCCN2CCOCC2)C(=O)N3)cccc1OC. The summed E-state index contributed by atoms with van der Waals surface area (Å²) in [4.78, 5) is 35.6. The van der Waals surface area contributed by atoms with E-state index in [2.05, 4.69) is 15.2 Å². The number of morpholine rings is 1. The second-order valence-corrected chi connectivity index (χ2v) is 9.34. The van der Waals surface area contributed by atoms with Gasteiger partial charge in [-0.05, 0) is 37.1 Å². The molecule has 3 amide bonds. The molecule has 0 aliphatic carbocycles. The predicted molar refractivity (Wildman–Crippen MR) is 145 cm³/mol. The van der Waals surface area contributed by atoms with Crippen LogP contribution in [-0.2, 0) is 22.6 Å². The number of carbonyl (C=O) groups excluding carboxylic acids is 2. The lowest BCUT2D eigenvalue weighted by molar-refractivity contribution is -0.125. The minimum atomic E-state index is -0.147. The number of hydrogen-bond donors (Lipinski definition) is 1. The van der Waals surface area contributed by atoms with Crippen LogP contribution in [0.3, 0.4) is 0 Å². The third kappa shape index (κ3) is 7.02. The summed E-state index contributed by atoms with van der Waals surface area (Å²) in [5.74, 6) is 1.72. The Morgan fingerprint density at radius 1 is 1.26 bits per heavy atom. The molecule has 0 saturated carbocycles. The molecule has 1 aromatic heterocycles. The van der Waals surface area contributed by atoms with E-state index in [9.17, 15) is 9.59 Å². The first-order valence-corrected chi connectivity index (χ1v) is 13.0. The Morgan fingerprint density at radius 3 is 2.84 bits per heavy atom. The lowest BCUT2D eigenvalue weighted by atomic mass is 10.1. The number of nitrogens with one attached hydrogen (secondary N) is 1. The number of rotatable bonds is 11. The quantitative estimate of drug-likeness (QED) is 0.452. The van der Waals surface area contributed by atoms with Crippen LogP contribution in [0.25, 0.3) is 6.08 Å². The van der Waals surface area contributed by atoms with Gasteiger partial charge in [-0.1, -0.05) is 12.1 Å². The molecular formula is C28H37N5O5. The summed E-state index contributed by atoms with van der Waals surface area (Å²) < 4.78 is 16.6. The van der Waals surface area contributed by atoms with Crippen LogP contribution >= 0.6 is 0 Å². The molecule has 1 fully saturated rings. The van der Waals surface area contributed by atoms with Crippen molar-refractivity contribution in [2.45, 2.75) is 26.4 Å². The fourth-order valence-corrected chi connectivity index (χ4v) is 4.58. The van der Waals surface area contributed by atoms with Gasteiger partial charge in [-0.3, -0.25) is 15.0 Å². The van der Waals surface area contributed by atoms with Crippen molar-refractivity contribution in [3.63, 3.8) is 0 Å². The first-order chi connectivity index (χ1) is 18.5. The Kier molecular flexibility index (Phi) is 9.56. The summed E-state index contributed by atoms with van der Waals surface area (Å²) in [7, 11) is 3.35. The van der Waals surface area contributed by atoms with Gasteiger partial charge in [0.2, 0.25) is 5.91 Å². The Morgan fingerprint density at radius 2 is 2.08 bits per heavy atom. The van der Waals surface area contributed by atoms with E-state index in [-0.39, 0.29) is 11.9 Å². The number of likely N-dealkylation sites (N-methyl/N-ethyl adjacent to an activating group) is 1. The van der Waals surface area contributed by atoms with Gasteiger partial charge < -0.3 is 24.0 Å². The normalized spacial score (nSPS) is 15.8. The van der Waals surface area contributed by atoms with Crippen molar-refractivity contribution in [2.75, 3.05) is 65.5 Å². The molecule has 0 radical (unpaired) electrons. The highest BCUT2D eigenvalue weighted by Crippen LogP contribution is 2.32. The number of anilines is 1. The molecule has 1 saturated heterocycles. The number of amides is 3. The Labute approximate surface area is 224 Å². The highest BCUT2D eigenvalue weighted by molar-refractivity contribution is 5.93. The zero-order valence-corrected chi connectivity index (χ0v) is 22.4. The molecule has 10 heteroatoms. The first kappa shape index (κ1) is 27.4. The number of pyridine rings is 1. The summed E-state index contributed by atoms with van der Waals surface area (Å²) in [5.41, 5.74) is 2.60. The van der Waals surface area contributed by atoms with Crippen LogP contribution in [0.15, 0.2) is 36.5 Å². The highest BCUT2D eigenvalue weighted by atomic mass is 16.5. The van der Waals surface area contributed by atoms with Gasteiger partial charge in [0, 0.05) is 63.2 Å². The molecule has 1 aromatic carbocycles. The van der Waals surface area contributed by atoms with Crippen LogP contribution in [0.2, 0.25) is 0 Å². The third-order valence-electron chi connectivity index (χ3n) is 6.64. The van der Waals surface area contributed by atoms with E-state index in [1.807, 2.05) is 31.2 Å². The van der Waals surface area contributed by atoms with Crippen molar-refractivity contribution in [2.24, 2.45) is 0 Å². The topological polar surface area (TPSA) is 96.5 Å². The van der Waals surface area contributed by atoms with Crippen molar-refractivity contribution in [3.8, 4) is 11.5 Å². The summed E-state index contributed by atoms with van der Waals surface area (Å²) in [6, 6.07) is 7.49. The maximum absolute atomic E-state index is 12.8. The molecular weight excluding hydrogens is 486 g/mol. The summed E-state index contributed by atoms with van der Waals surface area (Å²) in [6.45, 7) is 8.31. The van der Waals surface area contributed by atoms with Gasteiger partial charge in [-0.15, -0.1) is 0 Å². The smallest absolute Gasteiger partial charge is 0.323 e. The number of benzene rings is 1. The number of fused-ring (bicyclic) bond motifs is 1. The van der Waals surface area contributed by atoms with Crippen molar-refractivity contribution < 1.29 is 23.8 Å². The molecule has 10 nitrogen and oxygen atoms in total. The third-order valence-corrected chi connectivity index (χ3v) is 6.64. The molecule has 0 spiro atoms. The largest absolute Gasteiger partial charge is 0.493 e. The van der Waals surface area contributed by atoms with E-state index < -0.39 is 0 Å². The van der Waals surface area contributed by atoms with Gasteiger partial charge in [0.05, 0.1) is 33.5 Å². The Balaban J connectivity index is 1.35. The zero-order valence-electron chi connectivity index (χ0n) is 22.4. The standard InChI is InChI=1S/C28H37N5O5/c1-4-38-26-22(7-5-8-24(26)36-3)19-31(2)25(34)10-9-21-17-23-20-33(28(35)30-27(23)29-18-21)12-6-11-32-13-15-37-16-14-32/h5,7-10,17-18H,4,6,11-16,19-20H2,1-3H3,(H,29,30,35)/b10-9+. The molecule has 2 aliphatic heterocycles. The molecule has 0 atom stereocenters. The van der Waals surface area contributed by atoms with Gasteiger partial charge in [0.25, 0.3) is 0 Å². The molecule has 4 rings (SSSR count). The number of nitrogens with zero attached hydrogens (tertiary/aromatic N) is 4. The van der Waals surface area contributed by atoms with Crippen molar-refractivity contribution in [1.29, 1.82) is 0 Å². The van der Waals surface area contributed by atoms with Gasteiger partial charge in [-0.25, -0.2) is 9.78 Å². The second kappa shape index (κ2) is 13.3. The minimum Gasteiger partial charge on any atom is -0.493 e. The van der Waals surface area contributed by atoms with Crippen molar-refractivity contribution in [3.05, 3.63) is 53.2 Å². The average molecular weight is 524 g/mol. The molecule has 2 aliphatic rings. The second-order valence-electron chi connectivity index (χ2n) is 9.34. The fourth-order valence-electron chi connectivity index (χ4n) is 4.58. The molecule has 204 valence electrons. The van der Waals surface area contributed by atoms with Crippen LogP contribution in [0.1, 0.15) is 30.0 Å². The maximum atomic E-state index is 12.8. The van der Waals surface area contributed by atoms with Crippen LogP contribution in [0.4, 0.5) is 10.6 Å². The van der Waals surface area contributed by atoms with Crippen LogP contribution in [0, 0.1) is 0 Å². The van der Waals surface area contributed by atoms with Crippen LogP contribution < -0.4 is 14.8 Å². The monoisotopic (exact) mass is 523 g/mol. The Bertz CT molecular complexity index is 1150. The van der Waals surface area contributed by atoms with Crippen LogP contribution in [-0.4, -0.2) is 91.8 Å². The molecule has 0 bridgehead atoms. The summed E-state index contributed by atoms with van der Waals surface area (Å²) in [6.07, 6.45) is 5.84. The fraction of sp³-hybridized carbons (Fsp3) is 0.464. The van der Waals surface area contributed by atoms with E-state index in [1.54, 1.807) is 36.2 Å². The van der Waals surface area contributed by atoms with E-state index in [1.165, 1.54) is 6.08 Å². The molecule has 0 unspecified atom stereocenters. The lowest BCUT2D eigenvalue weighted by Gasteiger charge is -2.31. The molecule has 2 aromatic rings. The van der Waals surface area contributed by atoms with E-state index in [0.29, 0.717) is 43.6 Å². The minimum absolute atomic E-state index is 0.129. The molecule has 3 heterocycles. The number of carbonyl (C=O) groups is 2. The van der Waals surface area contributed by atoms with Crippen molar-refractivity contribution in [1.82, 2.24) is 19.7 Å². The van der Waals surface area contributed by atoms with Gasteiger partial charge >= 0.3 is 6.03 Å². The highest BCUT2D eigenvalue weighted by Gasteiger charge is 2.23. The molecule has 38 heavy (non-hydrogen) atoms. The average Bonchev–Trinajstić information content (AvgIpc) is 2.93. The lowest BCUT2D eigenvalue weighted by Crippen LogP contribution is -2.42. The number of hydrogen-bond acceptors (Lipinski definition) is 7. The van der Waals surface area contributed by atoms with E-state index in [0.717, 1.165) is 56.0 Å². The van der Waals surface area contributed by atoms with E-state index >= 15 is 0 Å². The number of para-hydroxylation sites is 1. The Hall–Kier alpha value is -3.63. The number of aromatic nitrogens is 1. The van der Waals surface area contributed by atoms with Crippen LogP contribution in [0.5, 0.6) is 11.5 Å². The summed E-state index contributed by atoms with van der Waals surface area (Å²) in [5, 5.41) is 2.88. The zero-order chi connectivity index (χ0) is 26.9. The molecule has 1 N–H and O–H groups in total. The van der Waals surface area contributed by atoms with Crippen molar-refractivity contribution >= 4 is 23.8 Å². The number of urea groups is 1. The summed E-state index contributed by atoms with van der Waals surface area (Å²) >= 11 is 0. The predicted octanol–water partition coefficient (Wildman–Crippen LogP) is 3.23. The maximum Gasteiger partial charge on any atom is 0.323 e. The van der Waals surface area contributed by atoms with E-state index in [4.69, 9.17) is 14.2 Å². The van der Waals surface area contributed by atoms with Gasteiger partial charge in [0.1, 0.15) is 5.82 Å². The number of ether oxygens (including phenoxy) is 3. The first-order valence-electron chi connectivity index (χ1n) is 13.0. The number of methoxy groups -OCH3 is 1. The van der Waals surface area contributed by atoms with Gasteiger partial charge in [0.15, 0.2) is 11.5 Å². The van der Waals surface area contributed by atoms with Gasteiger partial charge in [-0.2, -0.15) is 0 Å².